The predicted molar refractivity (Wildman–Crippen MR) is 155 cm³/mol. The Morgan fingerprint density at radius 3 is 2.42 bits per heavy atom. The maximum Gasteiger partial charge on any atom is 0.164 e. The molecule has 38 heavy (non-hydrogen) atoms. The van der Waals surface area contributed by atoms with Crippen LogP contribution in [0.5, 0.6) is 0 Å². The zero-order valence-corrected chi connectivity index (χ0v) is 25.3. The van der Waals surface area contributed by atoms with E-state index in [1.54, 1.807) is 6.26 Å². The molecule has 1 N–H and O–H groups in total. The molecule has 0 saturated heterocycles. The summed E-state index contributed by atoms with van der Waals surface area (Å²) in [6.07, 6.45) is 15.8. The van der Waals surface area contributed by atoms with Crippen LogP contribution in [-0.2, 0) is 4.79 Å². The highest BCUT2D eigenvalue weighted by molar-refractivity contribution is 6.04. The first-order valence-electron chi connectivity index (χ1n) is 15.3. The summed E-state index contributed by atoms with van der Waals surface area (Å²) in [6.45, 7) is 18.5. The fourth-order valence-corrected chi connectivity index (χ4v) is 10.9. The minimum absolute atomic E-state index is 0.0842. The lowest BCUT2D eigenvalue weighted by atomic mass is 9.35. The Kier molecular flexibility index (Phi) is 6.78. The third-order valence-corrected chi connectivity index (χ3v) is 12.8. The Morgan fingerprint density at radius 2 is 1.76 bits per heavy atom. The molecule has 1 aromatic rings. The van der Waals surface area contributed by atoms with Gasteiger partial charge in [0.1, 0.15) is 5.76 Å². The number of Topliss-reactive ketones (excluding diaryl/α,β-unsaturated/α-hetero) is 1. The first kappa shape index (κ1) is 27.9. The van der Waals surface area contributed by atoms with Crippen molar-refractivity contribution in [1.82, 2.24) is 0 Å². The number of hydrogen-bond acceptors (Lipinski definition) is 3. The summed E-state index contributed by atoms with van der Waals surface area (Å²) in [5.74, 6) is 3.03. The monoisotopic (exact) mass is 520 g/mol. The van der Waals surface area contributed by atoms with Crippen molar-refractivity contribution in [3.63, 3.8) is 0 Å². The van der Waals surface area contributed by atoms with Gasteiger partial charge < -0.3 is 9.52 Å². The van der Waals surface area contributed by atoms with Gasteiger partial charge in [-0.25, -0.2) is 0 Å². The Morgan fingerprint density at radius 1 is 1.05 bits per heavy atom. The average molecular weight is 521 g/mol. The molecule has 5 rings (SSSR count). The van der Waals surface area contributed by atoms with Crippen LogP contribution < -0.4 is 0 Å². The van der Waals surface area contributed by atoms with Gasteiger partial charge in [0.05, 0.1) is 11.9 Å². The van der Waals surface area contributed by atoms with Crippen LogP contribution in [-0.4, -0.2) is 16.5 Å². The van der Waals surface area contributed by atoms with Crippen molar-refractivity contribution in [2.45, 2.75) is 119 Å². The first-order chi connectivity index (χ1) is 17.7. The standard InChI is InChI=1S/C35H52O3/c1-23(2)11-9-17-35(8,37)27-15-18-33(6)26(27)13-14-29-32(5)22-24(21-25-12-10-20-38-25)30(36)31(3,4)28(32)16-19-34(29,33)7/h10-12,20-21,26-29,37H,9,13-19,22H2,1-8H3/b24-21-/t26-,27+,28+,29-,32+,33-,34-,35+/m1/s1. The SMILES string of the molecule is CC(C)=CCC[C@](C)(O)[C@H]1CC[C@]2(C)[C@@H]1CC[C@@H]1[C@@]3(C)C/C(=C/c4ccco4)C(=O)C(C)(C)[C@@H]3CC[C@]12C. The molecular weight excluding hydrogens is 468 g/mol. The van der Waals surface area contributed by atoms with E-state index in [1.165, 1.54) is 31.3 Å². The fourth-order valence-electron chi connectivity index (χ4n) is 10.9. The summed E-state index contributed by atoms with van der Waals surface area (Å²) in [5, 5.41) is 11.8. The second-order valence-electron chi connectivity index (χ2n) is 15.4. The van der Waals surface area contributed by atoms with Crippen molar-refractivity contribution in [1.29, 1.82) is 0 Å². The van der Waals surface area contributed by atoms with Crippen LogP contribution >= 0.6 is 0 Å². The van der Waals surface area contributed by atoms with Gasteiger partial charge in [-0.1, -0.05) is 46.3 Å². The number of aliphatic hydroxyl groups is 1. The van der Waals surface area contributed by atoms with E-state index in [4.69, 9.17) is 4.42 Å². The Hall–Kier alpha value is -1.61. The molecule has 4 fully saturated rings. The molecule has 4 saturated carbocycles. The summed E-state index contributed by atoms with van der Waals surface area (Å²) in [4.78, 5) is 13.8. The number of hydrogen-bond donors (Lipinski definition) is 1. The van der Waals surface area contributed by atoms with E-state index in [0.29, 0.717) is 29.5 Å². The maximum absolute atomic E-state index is 13.8. The van der Waals surface area contributed by atoms with Crippen molar-refractivity contribution in [3.05, 3.63) is 41.4 Å². The van der Waals surface area contributed by atoms with Crippen LogP contribution in [0.3, 0.4) is 0 Å². The highest BCUT2D eigenvalue weighted by Gasteiger charge is 2.69. The average Bonchev–Trinajstić information content (AvgIpc) is 3.45. The molecule has 0 aromatic carbocycles. The molecule has 3 nitrogen and oxygen atoms in total. The first-order valence-corrected chi connectivity index (χ1v) is 15.3. The van der Waals surface area contributed by atoms with Crippen molar-refractivity contribution < 1.29 is 14.3 Å². The van der Waals surface area contributed by atoms with Crippen LogP contribution in [0.15, 0.2) is 40.0 Å². The lowest BCUT2D eigenvalue weighted by molar-refractivity contribution is -0.201. The summed E-state index contributed by atoms with van der Waals surface area (Å²) >= 11 is 0. The molecule has 0 aliphatic heterocycles. The minimum Gasteiger partial charge on any atom is -0.465 e. The number of fused-ring (bicyclic) bond motifs is 5. The molecule has 210 valence electrons. The lowest BCUT2D eigenvalue weighted by Gasteiger charge is -2.69. The van der Waals surface area contributed by atoms with E-state index in [1.807, 2.05) is 18.2 Å². The van der Waals surface area contributed by atoms with Crippen molar-refractivity contribution in [2.75, 3.05) is 0 Å². The lowest BCUT2D eigenvalue weighted by Crippen LogP contribution is -2.64. The van der Waals surface area contributed by atoms with Gasteiger partial charge in [-0.05, 0) is 142 Å². The Balaban J connectivity index is 1.47. The normalized spacial score (nSPS) is 42.7. The zero-order valence-electron chi connectivity index (χ0n) is 25.3. The fraction of sp³-hybridized carbons (Fsp3) is 0.743. The largest absolute Gasteiger partial charge is 0.465 e. The molecule has 4 aliphatic rings. The second-order valence-corrected chi connectivity index (χ2v) is 15.4. The summed E-state index contributed by atoms with van der Waals surface area (Å²) in [5.41, 5.74) is 1.84. The molecule has 0 spiro atoms. The van der Waals surface area contributed by atoms with E-state index in [9.17, 15) is 9.90 Å². The van der Waals surface area contributed by atoms with Crippen molar-refractivity contribution in [2.24, 2.45) is 45.3 Å². The van der Waals surface area contributed by atoms with Gasteiger partial charge in [-0.3, -0.25) is 4.79 Å². The number of furan rings is 1. The van der Waals surface area contributed by atoms with Crippen LogP contribution in [0.25, 0.3) is 6.08 Å². The molecule has 4 aliphatic carbocycles. The number of carbonyl (C=O) groups excluding carboxylic acids is 1. The van der Waals surface area contributed by atoms with Crippen LogP contribution in [0, 0.1) is 45.3 Å². The molecule has 3 heteroatoms. The highest BCUT2D eigenvalue weighted by Crippen LogP contribution is 2.75. The summed E-state index contributed by atoms with van der Waals surface area (Å²) in [6, 6.07) is 3.86. The molecule has 0 radical (unpaired) electrons. The smallest absolute Gasteiger partial charge is 0.164 e. The number of allylic oxidation sites excluding steroid dienone is 3. The third-order valence-electron chi connectivity index (χ3n) is 12.8. The third kappa shape index (κ3) is 4.04. The number of ketones is 1. The van der Waals surface area contributed by atoms with E-state index in [-0.39, 0.29) is 21.7 Å². The van der Waals surface area contributed by atoms with Gasteiger partial charge in [0.15, 0.2) is 5.78 Å². The van der Waals surface area contributed by atoms with E-state index in [0.717, 1.165) is 43.4 Å². The van der Waals surface area contributed by atoms with Gasteiger partial charge in [0, 0.05) is 5.41 Å². The van der Waals surface area contributed by atoms with Gasteiger partial charge in [-0.2, -0.15) is 0 Å². The van der Waals surface area contributed by atoms with E-state index in [2.05, 4.69) is 61.5 Å². The minimum atomic E-state index is -0.614. The van der Waals surface area contributed by atoms with E-state index >= 15 is 0 Å². The molecule has 0 amide bonds. The van der Waals surface area contributed by atoms with Gasteiger partial charge in [0.25, 0.3) is 0 Å². The number of rotatable bonds is 5. The number of carbonyl (C=O) groups is 1. The second kappa shape index (κ2) is 9.22. The van der Waals surface area contributed by atoms with Crippen molar-refractivity contribution >= 4 is 11.9 Å². The highest BCUT2D eigenvalue weighted by atomic mass is 16.3. The van der Waals surface area contributed by atoms with Crippen LogP contribution in [0.4, 0.5) is 0 Å². The topological polar surface area (TPSA) is 50.4 Å². The molecule has 0 bridgehead atoms. The Labute approximate surface area is 231 Å². The van der Waals surface area contributed by atoms with Crippen LogP contribution in [0.2, 0.25) is 0 Å². The van der Waals surface area contributed by atoms with Gasteiger partial charge in [-0.15, -0.1) is 0 Å². The summed E-state index contributed by atoms with van der Waals surface area (Å²) in [7, 11) is 0. The van der Waals surface area contributed by atoms with Gasteiger partial charge in [0.2, 0.25) is 0 Å². The molecule has 0 unspecified atom stereocenters. The molecule has 8 atom stereocenters. The maximum atomic E-state index is 13.8. The quantitative estimate of drug-likeness (QED) is 0.311. The zero-order chi connectivity index (χ0) is 27.7. The molecular formula is C35H52O3. The van der Waals surface area contributed by atoms with Crippen molar-refractivity contribution in [3.8, 4) is 0 Å². The Bertz CT molecular complexity index is 1120. The molecule has 1 aromatic heterocycles. The molecule has 1 heterocycles. The van der Waals surface area contributed by atoms with E-state index < -0.39 is 5.60 Å². The van der Waals surface area contributed by atoms with Crippen LogP contribution in [0.1, 0.15) is 119 Å². The van der Waals surface area contributed by atoms with Gasteiger partial charge >= 0.3 is 0 Å². The predicted octanol–water partition coefficient (Wildman–Crippen LogP) is 9.02. The summed E-state index contributed by atoms with van der Waals surface area (Å²) < 4.78 is 5.65.